The highest BCUT2D eigenvalue weighted by Crippen LogP contribution is 2.37. The van der Waals surface area contributed by atoms with E-state index < -0.39 is 35.6 Å². The van der Waals surface area contributed by atoms with Crippen molar-refractivity contribution >= 4 is 35.1 Å². The molecule has 0 saturated carbocycles. The average Bonchev–Trinajstić information content (AvgIpc) is 3.07. The second-order valence-corrected chi connectivity index (χ2v) is 8.34. The zero-order valence-electron chi connectivity index (χ0n) is 17.6. The molecule has 164 valence electrons. The van der Waals surface area contributed by atoms with Gasteiger partial charge in [-0.2, -0.15) is 5.01 Å². The van der Waals surface area contributed by atoms with Crippen LogP contribution in [-0.4, -0.2) is 39.6 Å². The first kappa shape index (κ1) is 22.0. The van der Waals surface area contributed by atoms with E-state index in [0.717, 1.165) is 10.0 Å². The molecular formula is C25H23ClN2O4. The number of carbonyl (C=O) groups is 4. The first-order valence-corrected chi connectivity index (χ1v) is 11.0. The van der Waals surface area contributed by atoms with Gasteiger partial charge in [-0.3, -0.25) is 19.2 Å². The molecule has 2 aromatic rings. The number of hydrazine groups is 1. The predicted molar refractivity (Wildman–Crippen MR) is 120 cm³/mol. The van der Waals surface area contributed by atoms with E-state index in [-0.39, 0.29) is 22.8 Å². The molecule has 0 spiro atoms. The number of amides is 3. The Morgan fingerprint density at radius 2 is 1.53 bits per heavy atom. The highest BCUT2D eigenvalue weighted by Gasteiger charge is 2.53. The zero-order chi connectivity index (χ0) is 22.8. The molecule has 0 unspecified atom stereocenters. The number of rotatable bonds is 6. The molecule has 2 aliphatic rings. The molecule has 1 aliphatic heterocycles. The van der Waals surface area contributed by atoms with Gasteiger partial charge in [0.2, 0.25) is 0 Å². The van der Waals surface area contributed by atoms with Crippen LogP contribution in [0.2, 0.25) is 5.02 Å². The van der Waals surface area contributed by atoms with Crippen LogP contribution in [0.25, 0.3) is 0 Å². The maximum Gasteiger partial charge on any atom is 0.275 e. The van der Waals surface area contributed by atoms with Gasteiger partial charge in [-0.15, -0.1) is 0 Å². The van der Waals surface area contributed by atoms with E-state index in [2.05, 4.69) is 0 Å². The third-order valence-corrected chi connectivity index (χ3v) is 6.38. The molecule has 0 radical (unpaired) electrons. The molecular weight excluding hydrogens is 428 g/mol. The second kappa shape index (κ2) is 9.09. The first-order chi connectivity index (χ1) is 15.5. The van der Waals surface area contributed by atoms with Crippen LogP contribution < -0.4 is 0 Å². The summed E-state index contributed by atoms with van der Waals surface area (Å²) in [5, 5.41) is 2.13. The van der Waals surface area contributed by atoms with E-state index in [1.807, 2.05) is 12.2 Å². The fourth-order valence-electron chi connectivity index (χ4n) is 4.39. The van der Waals surface area contributed by atoms with Gasteiger partial charge in [0.25, 0.3) is 17.7 Å². The summed E-state index contributed by atoms with van der Waals surface area (Å²) in [6, 6.07) is 13.9. The standard InChI is InChI=1S/C25H23ClN2O4/c1-2-21(22(29)16-10-4-3-5-11-16)27(25(32)19-14-8-9-15-20(19)26)28-23(30)17-12-6-7-13-18(17)24(28)31/h3-11,14-15,17-18,21H,2,12-13H2,1H3/t17-,18+,21-/m0/s1. The SMILES string of the molecule is CC[C@@H](C(=O)c1ccccc1)N(C(=O)c1ccccc1Cl)N1C(=O)[C@H]2CC=CC[C@H]2C1=O. The van der Waals surface area contributed by atoms with Crippen LogP contribution in [0.4, 0.5) is 0 Å². The Kier molecular flexibility index (Phi) is 6.24. The molecule has 1 fully saturated rings. The minimum Gasteiger partial charge on any atom is -0.292 e. The fourth-order valence-corrected chi connectivity index (χ4v) is 4.61. The molecule has 6 nitrogen and oxygen atoms in total. The molecule has 3 atom stereocenters. The van der Waals surface area contributed by atoms with Crippen molar-refractivity contribution < 1.29 is 19.2 Å². The van der Waals surface area contributed by atoms with Gasteiger partial charge >= 0.3 is 0 Å². The van der Waals surface area contributed by atoms with Gasteiger partial charge < -0.3 is 0 Å². The Bertz CT molecular complexity index is 1070. The number of hydrogen-bond acceptors (Lipinski definition) is 4. The molecule has 4 rings (SSSR count). The summed E-state index contributed by atoms with van der Waals surface area (Å²) < 4.78 is 0. The number of hydrogen-bond donors (Lipinski definition) is 0. The van der Waals surface area contributed by atoms with Gasteiger partial charge in [0.1, 0.15) is 6.04 Å². The Labute approximate surface area is 191 Å². The van der Waals surface area contributed by atoms with Crippen molar-refractivity contribution in [2.45, 2.75) is 32.2 Å². The molecule has 3 amide bonds. The van der Waals surface area contributed by atoms with Crippen LogP contribution in [0.3, 0.4) is 0 Å². The number of halogens is 1. The predicted octanol–water partition coefficient (Wildman–Crippen LogP) is 4.31. The molecule has 0 bridgehead atoms. The van der Waals surface area contributed by atoms with Crippen LogP contribution in [0.15, 0.2) is 66.7 Å². The lowest BCUT2D eigenvalue weighted by atomic mass is 9.85. The minimum absolute atomic E-state index is 0.127. The van der Waals surface area contributed by atoms with E-state index in [9.17, 15) is 19.2 Å². The highest BCUT2D eigenvalue weighted by atomic mass is 35.5. The van der Waals surface area contributed by atoms with Gasteiger partial charge in [0, 0.05) is 5.56 Å². The topological polar surface area (TPSA) is 74.8 Å². The fraction of sp³-hybridized carbons (Fsp3) is 0.280. The van der Waals surface area contributed by atoms with Crippen LogP contribution in [0.5, 0.6) is 0 Å². The van der Waals surface area contributed by atoms with E-state index in [0.29, 0.717) is 18.4 Å². The third-order valence-electron chi connectivity index (χ3n) is 6.05. The zero-order valence-corrected chi connectivity index (χ0v) is 18.4. The van der Waals surface area contributed by atoms with E-state index >= 15 is 0 Å². The van der Waals surface area contributed by atoms with Crippen molar-refractivity contribution in [1.82, 2.24) is 10.0 Å². The number of ketones is 1. The van der Waals surface area contributed by atoms with E-state index in [1.54, 1.807) is 55.5 Å². The molecule has 1 saturated heterocycles. The van der Waals surface area contributed by atoms with Crippen LogP contribution in [0.1, 0.15) is 46.9 Å². The quantitative estimate of drug-likeness (QED) is 0.373. The Balaban J connectivity index is 1.81. The molecule has 2 aromatic carbocycles. The monoisotopic (exact) mass is 450 g/mol. The number of benzene rings is 2. The Morgan fingerprint density at radius 1 is 0.969 bits per heavy atom. The molecule has 1 aliphatic carbocycles. The number of Topliss-reactive ketones (excluding diaryl/α,β-unsaturated/α-hetero) is 1. The highest BCUT2D eigenvalue weighted by molar-refractivity contribution is 6.34. The van der Waals surface area contributed by atoms with Crippen LogP contribution in [0, 0.1) is 11.8 Å². The van der Waals surface area contributed by atoms with Gasteiger partial charge in [-0.05, 0) is 31.4 Å². The molecule has 0 aromatic heterocycles. The van der Waals surface area contributed by atoms with Crippen LogP contribution >= 0.6 is 11.6 Å². The number of carbonyl (C=O) groups excluding carboxylic acids is 4. The summed E-state index contributed by atoms with van der Waals surface area (Å²) >= 11 is 6.28. The lowest BCUT2D eigenvalue weighted by Crippen LogP contribution is -2.57. The number of nitrogens with zero attached hydrogens (tertiary/aromatic N) is 2. The minimum atomic E-state index is -1.04. The molecule has 7 heteroatoms. The maximum atomic E-state index is 13.7. The van der Waals surface area contributed by atoms with Crippen LogP contribution in [-0.2, 0) is 9.59 Å². The summed E-state index contributed by atoms with van der Waals surface area (Å²) in [5.74, 6) is -2.97. The second-order valence-electron chi connectivity index (χ2n) is 7.93. The van der Waals surface area contributed by atoms with Crippen molar-refractivity contribution in [3.05, 3.63) is 82.9 Å². The largest absolute Gasteiger partial charge is 0.292 e. The van der Waals surface area contributed by atoms with E-state index in [1.165, 1.54) is 6.07 Å². The lowest BCUT2D eigenvalue weighted by Gasteiger charge is -2.36. The summed E-state index contributed by atoms with van der Waals surface area (Å²) in [7, 11) is 0. The van der Waals surface area contributed by atoms with Crippen molar-refractivity contribution in [2.24, 2.45) is 11.8 Å². The summed E-state index contributed by atoms with van der Waals surface area (Å²) in [6.07, 6.45) is 4.84. The first-order valence-electron chi connectivity index (χ1n) is 10.7. The van der Waals surface area contributed by atoms with E-state index in [4.69, 9.17) is 11.6 Å². The van der Waals surface area contributed by atoms with Gasteiger partial charge in [0.15, 0.2) is 5.78 Å². The molecule has 32 heavy (non-hydrogen) atoms. The van der Waals surface area contributed by atoms with Crippen molar-refractivity contribution in [3.63, 3.8) is 0 Å². The lowest BCUT2D eigenvalue weighted by molar-refractivity contribution is -0.156. The van der Waals surface area contributed by atoms with Gasteiger partial charge in [0.05, 0.1) is 22.4 Å². The smallest absolute Gasteiger partial charge is 0.275 e. The molecule has 1 heterocycles. The summed E-state index contributed by atoms with van der Waals surface area (Å²) in [5.41, 5.74) is 0.525. The average molecular weight is 451 g/mol. The summed E-state index contributed by atoms with van der Waals surface area (Å²) in [6.45, 7) is 1.75. The van der Waals surface area contributed by atoms with Gasteiger partial charge in [-0.25, -0.2) is 5.01 Å². The van der Waals surface area contributed by atoms with Gasteiger partial charge in [-0.1, -0.05) is 73.1 Å². The summed E-state index contributed by atoms with van der Waals surface area (Å²) in [4.78, 5) is 53.8. The Morgan fingerprint density at radius 3 is 2.09 bits per heavy atom. The van der Waals surface area contributed by atoms with Crippen molar-refractivity contribution in [1.29, 1.82) is 0 Å². The number of imide groups is 1. The maximum absolute atomic E-state index is 13.7. The van der Waals surface area contributed by atoms with Crippen molar-refractivity contribution in [3.8, 4) is 0 Å². The molecule has 0 N–H and O–H groups in total. The van der Waals surface area contributed by atoms with Crippen molar-refractivity contribution in [2.75, 3.05) is 0 Å². The number of fused-ring (bicyclic) bond motifs is 1. The Hall–Kier alpha value is -3.25. The normalized spacial score (nSPS) is 20.8. The third kappa shape index (κ3) is 3.75. The number of allylic oxidation sites excluding steroid dienone is 2.